The van der Waals surface area contributed by atoms with Gasteiger partial charge in [-0.2, -0.15) is 0 Å². The van der Waals surface area contributed by atoms with Crippen molar-refractivity contribution in [1.82, 2.24) is 4.90 Å². The van der Waals surface area contributed by atoms with Crippen molar-refractivity contribution in [3.63, 3.8) is 0 Å². The van der Waals surface area contributed by atoms with E-state index >= 15 is 0 Å². The second-order valence-electron chi connectivity index (χ2n) is 4.07. The summed E-state index contributed by atoms with van der Waals surface area (Å²) >= 11 is 0. The third-order valence-electron chi connectivity index (χ3n) is 2.60. The van der Waals surface area contributed by atoms with Gasteiger partial charge in [0.05, 0.1) is 18.4 Å². The number of carbonyl (C=O) groups is 2. The quantitative estimate of drug-likeness (QED) is 0.856. The van der Waals surface area contributed by atoms with Crippen molar-refractivity contribution in [2.45, 2.75) is 13.3 Å². The molecule has 0 heterocycles. The standard InChI is InChI=1S/C13H18N2O4/c1-4-7-15(2)13(18)14-11-8-9(19-3)5-6-10(11)12(16)17/h5-6,8H,4,7H2,1-3H3,(H,14,18)(H,16,17). The Balaban J connectivity index is 2.97. The SMILES string of the molecule is CCCN(C)C(=O)Nc1cc(OC)ccc1C(=O)O. The van der Waals surface area contributed by atoms with Crippen LogP contribution in [0.1, 0.15) is 23.7 Å². The van der Waals surface area contributed by atoms with Gasteiger partial charge in [-0.3, -0.25) is 0 Å². The van der Waals surface area contributed by atoms with Gasteiger partial charge in [-0.1, -0.05) is 6.92 Å². The number of carbonyl (C=O) groups excluding carboxylic acids is 1. The second-order valence-corrected chi connectivity index (χ2v) is 4.07. The summed E-state index contributed by atoms with van der Waals surface area (Å²) in [6.07, 6.45) is 0.827. The highest BCUT2D eigenvalue weighted by molar-refractivity contribution is 6.00. The van der Waals surface area contributed by atoms with Gasteiger partial charge in [-0.25, -0.2) is 9.59 Å². The van der Waals surface area contributed by atoms with Crippen LogP contribution >= 0.6 is 0 Å². The first kappa shape index (κ1) is 14.8. The van der Waals surface area contributed by atoms with E-state index in [2.05, 4.69) is 5.32 Å². The average Bonchev–Trinajstić information content (AvgIpc) is 2.38. The van der Waals surface area contributed by atoms with Crippen LogP contribution in [-0.2, 0) is 0 Å². The monoisotopic (exact) mass is 266 g/mol. The first-order valence-corrected chi connectivity index (χ1v) is 5.93. The van der Waals surface area contributed by atoms with Gasteiger partial charge in [0, 0.05) is 19.7 Å². The second kappa shape index (κ2) is 6.63. The molecule has 1 rings (SSSR count). The predicted octanol–water partition coefficient (Wildman–Crippen LogP) is 2.27. The minimum absolute atomic E-state index is 0.0269. The van der Waals surface area contributed by atoms with E-state index in [1.54, 1.807) is 7.05 Å². The molecular weight excluding hydrogens is 248 g/mol. The van der Waals surface area contributed by atoms with E-state index in [4.69, 9.17) is 9.84 Å². The van der Waals surface area contributed by atoms with E-state index in [0.717, 1.165) is 6.42 Å². The highest BCUT2D eigenvalue weighted by Gasteiger charge is 2.15. The van der Waals surface area contributed by atoms with Crippen LogP contribution in [0.2, 0.25) is 0 Å². The topological polar surface area (TPSA) is 78.9 Å². The number of carboxylic acid groups (broad SMARTS) is 1. The molecule has 2 N–H and O–H groups in total. The van der Waals surface area contributed by atoms with Crippen molar-refractivity contribution < 1.29 is 19.4 Å². The van der Waals surface area contributed by atoms with Crippen molar-refractivity contribution in [2.75, 3.05) is 26.0 Å². The van der Waals surface area contributed by atoms with Gasteiger partial charge in [0.2, 0.25) is 0 Å². The molecule has 0 spiro atoms. The summed E-state index contributed by atoms with van der Waals surface area (Å²) in [5.74, 6) is -0.616. The highest BCUT2D eigenvalue weighted by atomic mass is 16.5. The van der Waals surface area contributed by atoms with Gasteiger partial charge in [-0.15, -0.1) is 0 Å². The molecule has 0 fully saturated rings. The van der Waals surface area contributed by atoms with Crippen molar-refractivity contribution in [2.24, 2.45) is 0 Å². The van der Waals surface area contributed by atoms with Crippen LogP contribution in [0.25, 0.3) is 0 Å². The Morgan fingerprint density at radius 2 is 2.11 bits per heavy atom. The van der Waals surface area contributed by atoms with Crippen LogP contribution in [0.5, 0.6) is 5.75 Å². The number of benzene rings is 1. The Kier molecular flexibility index (Phi) is 5.17. The summed E-state index contributed by atoms with van der Waals surface area (Å²) in [5.41, 5.74) is 0.249. The fourth-order valence-electron chi connectivity index (χ4n) is 1.59. The highest BCUT2D eigenvalue weighted by Crippen LogP contribution is 2.22. The van der Waals surface area contributed by atoms with Crippen molar-refractivity contribution in [1.29, 1.82) is 0 Å². The number of methoxy groups -OCH3 is 1. The number of hydrogen-bond donors (Lipinski definition) is 2. The summed E-state index contributed by atoms with van der Waals surface area (Å²) < 4.78 is 5.02. The molecule has 0 saturated heterocycles. The lowest BCUT2D eigenvalue weighted by atomic mass is 10.1. The molecule has 0 aliphatic carbocycles. The summed E-state index contributed by atoms with van der Waals surface area (Å²) in [5, 5.41) is 11.7. The van der Waals surface area contributed by atoms with E-state index in [1.807, 2.05) is 6.92 Å². The number of hydrogen-bond acceptors (Lipinski definition) is 3. The van der Waals surface area contributed by atoms with Gasteiger partial charge in [-0.05, 0) is 18.6 Å². The lowest BCUT2D eigenvalue weighted by Gasteiger charge is -2.18. The number of amides is 2. The minimum atomic E-state index is -1.10. The number of aromatic carboxylic acids is 1. The molecule has 1 aromatic carbocycles. The zero-order valence-corrected chi connectivity index (χ0v) is 11.3. The Bertz CT molecular complexity index is 474. The Hall–Kier alpha value is -2.24. The van der Waals surface area contributed by atoms with Gasteiger partial charge < -0.3 is 20.1 Å². The molecule has 6 heteroatoms. The largest absolute Gasteiger partial charge is 0.497 e. The van der Waals surface area contributed by atoms with Gasteiger partial charge in [0.15, 0.2) is 0 Å². The first-order valence-electron chi connectivity index (χ1n) is 5.93. The molecule has 19 heavy (non-hydrogen) atoms. The zero-order valence-electron chi connectivity index (χ0n) is 11.3. The number of ether oxygens (including phenoxy) is 1. The number of nitrogens with zero attached hydrogens (tertiary/aromatic N) is 1. The molecule has 0 unspecified atom stereocenters. The number of anilines is 1. The Morgan fingerprint density at radius 1 is 1.42 bits per heavy atom. The lowest BCUT2D eigenvalue weighted by Crippen LogP contribution is -2.32. The zero-order chi connectivity index (χ0) is 14.4. The maximum atomic E-state index is 11.9. The smallest absolute Gasteiger partial charge is 0.337 e. The summed E-state index contributed by atoms with van der Waals surface area (Å²) in [6.45, 7) is 2.55. The maximum absolute atomic E-state index is 11.9. The summed E-state index contributed by atoms with van der Waals surface area (Å²) in [6, 6.07) is 4.07. The van der Waals surface area contributed by atoms with Gasteiger partial charge >= 0.3 is 12.0 Å². The molecule has 0 radical (unpaired) electrons. The molecule has 0 aliphatic heterocycles. The molecule has 0 atom stereocenters. The van der Waals surface area contributed by atoms with Crippen LogP contribution in [0.4, 0.5) is 10.5 Å². The van der Waals surface area contributed by atoms with E-state index in [1.165, 1.54) is 30.2 Å². The maximum Gasteiger partial charge on any atom is 0.337 e. The molecule has 2 amide bonds. The van der Waals surface area contributed by atoms with Crippen LogP contribution < -0.4 is 10.1 Å². The van der Waals surface area contributed by atoms with Crippen LogP contribution in [0.3, 0.4) is 0 Å². The van der Waals surface area contributed by atoms with Crippen molar-refractivity contribution in [3.05, 3.63) is 23.8 Å². The number of nitrogens with one attached hydrogen (secondary N) is 1. The van der Waals surface area contributed by atoms with E-state index < -0.39 is 5.97 Å². The van der Waals surface area contributed by atoms with E-state index in [0.29, 0.717) is 12.3 Å². The van der Waals surface area contributed by atoms with Crippen molar-refractivity contribution in [3.8, 4) is 5.75 Å². The first-order chi connectivity index (χ1) is 8.99. The third kappa shape index (κ3) is 3.87. The number of urea groups is 1. The molecule has 0 bridgehead atoms. The van der Waals surface area contributed by atoms with Crippen LogP contribution in [0.15, 0.2) is 18.2 Å². The van der Waals surface area contributed by atoms with Crippen LogP contribution in [0, 0.1) is 0 Å². The fourth-order valence-corrected chi connectivity index (χ4v) is 1.59. The third-order valence-corrected chi connectivity index (χ3v) is 2.60. The van der Waals surface area contributed by atoms with E-state index in [-0.39, 0.29) is 17.3 Å². The molecular formula is C13H18N2O4. The molecule has 6 nitrogen and oxygen atoms in total. The molecule has 0 saturated carbocycles. The summed E-state index contributed by atoms with van der Waals surface area (Å²) in [7, 11) is 3.13. The summed E-state index contributed by atoms with van der Waals surface area (Å²) in [4.78, 5) is 24.4. The molecule has 0 aromatic heterocycles. The van der Waals surface area contributed by atoms with Crippen LogP contribution in [-0.4, -0.2) is 42.7 Å². The Labute approximate surface area is 112 Å². The molecule has 1 aromatic rings. The minimum Gasteiger partial charge on any atom is -0.497 e. The molecule has 0 aliphatic rings. The Morgan fingerprint density at radius 3 is 2.63 bits per heavy atom. The number of carboxylic acids is 1. The van der Waals surface area contributed by atoms with Crippen molar-refractivity contribution >= 4 is 17.7 Å². The van der Waals surface area contributed by atoms with E-state index in [9.17, 15) is 9.59 Å². The van der Waals surface area contributed by atoms with Gasteiger partial charge in [0.25, 0.3) is 0 Å². The fraction of sp³-hybridized carbons (Fsp3) is 0.385. The average molecular weight is 266 g/mol. The lowest BCUT2D eigenvalue weighted by molar-refractivity contribution is 0.0698. The molecule has 104 valence electrons. The number of rotatable bonds is 5. The van der Waals surface area contributed by atoms with Gasteiger partial charge in [0.1, 0.15) is 5.75 Å². The normalized spacial score (nSPS) is 9.84. The predicted molar refractivity (Wildman–Crippen MR) is 71.9 cm³/mol.